The van der Waals surface area contributed by atoms with Gasteiger partial charge in [0.2, 0.25) is 29.5 Å². The number of carbonyl (C=O) groups is 8. The van der Waals surface area contributed by atoms with Crippen LogP contribution < -0.4 is 26.6 Å². The maximum absolute atomic E-state index is 15.0. The van der Waals surface area contributed by atoms with Crippen molar-refractivity contribution in [3.8, 4) is 0 Å². The van der Waals surface area contributed by atoms with Crippen molar-refractivity contribution in [3.63, 3.8) is 0 Å². The van der Waals surface area contributed by atoms with Gasteiger partial charge in [0.25, 0.3) is 17.7 Å². The van der Waals surface area contributed by atoms with Gasteiger partial charge >= 0.3 is 0 Å². The van der Waals surface area contributed by atoms with E-state index in [2.05, 4.69) is 37.6 Å². The summed E-state index contributed by atoms with van der Waals surface area (Å²) in [6.45, 7) is 8.21. The quantitative estimate of drug-likeness (QED) is 0.131. The highest BCUT2D eigenvalue weighted by atomic mass is 16.3. The van der Waals surface area contributed by atoms with E-state index in [4.69, 9.17) is 4.98 Å². The van der Waals surface area contributed by atoms with Crippen molar-refractivity contribution in [1.82, 2.24) is 46.4 Å². The molecule has 4 aliphatic carbocycles. The third-order valence-electron chi connectivity index (χ3n) is 16.8. The number of carbonyl (C=O) groups excluding carboxylic acids is 8. The highest BCUT2D eigenvalue weighted by Gasteiger charge is 2.53. The van der Waals surface area contributed by atoms with Crippen LogP contribution in [0.1, 0.15) is 186 Å². The lowest BCUT2D eigenvalue weighted by Gasteiger charge is -2.38. The number of aliphatic hydroxyl groups excluding tert-OH is 1. The number of hydrogen-bond donors (Lipinski definition) is 6. The SMILES string of the molecule is CCC[C@@H](NC(=O)[C@@H]1[C@H]2CCC[C@H]2CN1C(=O)[C@@H](NC(=O)[C@@H](NC(=O)c1cnc([C@H]2CCC(c3ccc4c(c3)CN(C3CCC(=O)NC3=O)C4=O)C2)cn1)C1CCCCC1)C(C)(C)C)C(O)C(=O)NC1CC1. The average Bonchev–Trinajstić information content (AvgIpc) is 3.66. The highest BCUT2D eigenvalue weighted by Crippen LogP contribution is 2.45. The van der Waals surface area contributed by atoms with Crippen LogP contribution in [-0.4, -0.2) is 121 Å². The van der Waals surface area contributed by atoms with Gasteiger partial charge in [0.05, 0.1) is 17.9 Å². The molecule has 1 aromatic carbocycles. The van der Waals surface area contributed by atoms with E-state index in [1.165, 1.54) is 6.20 Å². The Hall–Kier alpha value is -5.78. The smallest absolute Gasteiger partial charge is 0.272 e. The summed E-state index contributed by atoms with van der Waals surface area (Å²) in [4.78, 5) is 121. The number of benzene rings is 1. The number of amides is 8. The summed E-state index contributed by atoms with van der Waals surface area (Å²) in [5.74, 6) is -3.14. The van der Waals surface area contributed by atoms with E-state index in [1.54, 1.807) is 16.0 Å². The topological polar surface area (TPSA) is 249 Å². The number of fused-ring (bicyclic) bond motifs is 2. The Balaban J connectivity index is 0.852. The predicted octanol–water partition coefficient (Wildman–Crippen LogP) is 4.05. The van der Waals surface area contributed by atoms with Crippen molar-refractivity contribution in [2.45, 2.75) is 198 Å². The monoisotopic (exact) mass is 992 g/mol. The highest BCUT2D eigenvalue weighted by molar-refractivity contribution is 6.05. The first-order valence-corrected chi connectivity index (χ1v) is 26.8. The molecule has 10 atom stereocenters. The van der Waals surface area contributed by atoms with Gasteiger partial charge < -0.3 is 36.2 Å². The molecule has 72 heavy (non-hydrogen) atoms. The van der Waals surface area contributed by atoms with Crippen molar-refractivity contribution in [2.75, 3.05) is 6.54 Å². The summed E-state index contributed by atoms with van der Waals surface area (Å²) in [6.07, 6.45) is 14.3. The molecule has 4 heterocycles. The minimum atomic E-state index is -1.43. The van der Waals surface area contributed by atoms with Gasteiger partial charge in [-0.2, -0.15) is 0 Å². The molecular formula is C54H73N9O9. The number of rotatable bonds is 16. The van der Waals surface area contributed by atoms with E-state index >= 15 is 0 Å². The van der Waals surface area contributed by atoms with Gasteiger partial charge in [-0.05, 0) is 117 Å². The first kappa shape index (κ1) is 51.1. The van der Waals surface area contributed by atoms with Crippen LogP contribution in [0.25, 0.3) is 0 Å². The predicted molar refractivity (Wildman–Crippen MR) is 263 cm³/mol. The summed E-state index contributed by atoms with van der Waals surface area (Å²) < 4.78 is 0. The minimum absolute atomic E-state index is 0.0476. The van der Waals surface area contributed by atoms with Crippen LogP contribution in [0.3, 0.4) is 0 Å². The summed E-state index contributed by atoms with van der Waals surface area (Å²) in [5, 5.41) is 25.3. The van der Waals surface area contributed by atoms with Gasteiger partial charge in [0.15, 0.2) is 6.10 Å². The lowest BCUT2D eigenvalue weighted by Crippen LogP contribution is -2.62. The third-order valence-corrected chi connectivity index (χ3v) is 16.8. The molecule has 3 unspecified atom stereocenters. The molecule has 18 heteroatoms. The van der Waals surface area contributed by atoms with Crippen LogP contribution in [0.5, 0.6) is 0 Å². The van der Waals surface area contributed by atoms with E-state index in [9.17, 15) is 43.5 Å². The molecule has 6 fully saturated rings. The van der Waals surface area contributed by atoms with Crippen LogP contribution in [-0.2, 0) is 35.3 Å². The molecule has 7 aliphatic rings. The summed E-state index contributed by atoms with van der Waals surface area (Å²) in [5.41, 5.74) is 2.60. The zero-order valence-corrected chi connectivity index (χ0v) is 42.3. The van der Waals surface area contributed by atoms with Gasteiger partial charge in [-0.1, -0.05) is 71.9 Å². The number of hydrogen-bond acceptors (Lipinski definition) is 11. The van der Waals surface area contributed by atoms with E-state index < -0.39 is 71.3 Å². The lowest BCUT2D eigenvalue weighted by atomic mass is 9.82. The van der Waals surface area contributed by atoms with Crippen LogP contribution >= 0.6 is 0 Å². The summed E-state index contributed by atoms with van der Waals surface area (Å²) in [7, 11) is 0. The summed E-state index contributed by atoms with van der Waals surface area (Å²) >= 11 is 0. The number of imide groups is 1. The van der Waals surface area contributed by atoms with E-state index in [0.717, 1.165) is 100 Å². The summed E-state index contributed by atoms with van der Waals surface area (Å²) in [6, 6.07) is 1.61. The molecule has 9 rings (SSSR count). The van der Waals surface area contributed by atoms with Crippen molar-refractivity contribution < 1.29 is 43.5 Å². The van der Waals surface area contributed by atoms with Gasteiger partial charge in [-0.25, -0.2) is 4.98 Å². The first-order chi connectivity index (χ1) is 34.5. The van der Waals surface area contributed by atoms with Crippen molar-refractivity contribution in [1.29, 1.82) is 0 Å². The normalized spacial score (nSPS) is 27.0. The number of nitrogens with zero attached hydrogens (tertiary/aromatic N) is 4. The molecule has 3 aliphatic heterocycles. The van der Waals surface area contributed by atoms with E-state index in [-0.39, 0.29) is 65.5 Å². The second kappa shape index (κ2) is 21.4. The van der Waals surface area contributed by atoms with Crippen molar-refractivity contribution in [2.24, 2.45) is 23.2 Å². The van der Waals surface area contributed by atoms with Gasteiger partial charge in [-0.15, -0.1) is 0 Å². The fourth-order valence-corrected chi connectivity index (χ4v) is 12.6. The lowest BCUT2D eigenvalue weighted by molar-refractivity contribution is -0.146. The van der Waals surface area contributed by atoms with Gasteiger partial charge in [0.1, 0.15) is 29.9 Å². The number of aliphatic hydroxyl groups is 1. The van der Waals surface area contributed by atoms with Gasteiger partial charge in [0, 0.05) is 43.2 Å². The maximum atomic E-state index is 15.0. The molecule has 18 nitrogen and oxygen atoms in total. The molecule has 4 saturated carbocycles. The Morgan fingerprint density at radius 1 is 0.847 bits per heavy atom. The standard InChI is InChI=1S/C54H73N9O9/c1-5-10-38(45(65)51(70)57-35-18-19-35)58-50(69)44-36-14-9-13-33(36)27-63(44)53(72)46(54(2,3)4)61-49(68)43(29-11-7-6-8-12-29)60-47(66)40-26-55-39(25-56-40)32-16-15-30(23-32)31-17-20-37-34(24-31)28-62(52(37)71)41-21-22-42(64)59-48(41)67/h17,20,24-26,29-30,32-33,35-36,38,41,43-46,65H,5-16,18-19,21-23,27-28H2,1-4H3,(H,57,70)(H,58,69)(H,60,66)(H,61,68)(H,59,64,67)/t30?,32-,33-,36-,38+,41?,43-,44-,45?,46+/m0/s1. The number of piperidine rings is 1. The molecule has 2 aromatic rings. The van der Waals surface area contributed by atoms with Crippen molar-refractivity contribution in [3.05, 3.63) is 58.7 Å². The number of nitrogens with one attached hydrogen (secondary N) is 5. The fourth-order valence-electron chi connectivity index (χ4n) is 12.6. The zero-order valence-electron chi connectivity index (χ0n) is 42.3. The molecule has 2 saturated heterocycles. The Kier molecular flexibility index (Phi) is 15.2. The molecular weight excluding hydrogens is 919 g/mol. The van der Waals surface area contributed by atoms with Crippen LogP contribution in [0.15, 0.2) is 30.6 Å². The molecule has 8 amide bonds. The molecule has 0 bridgehead atoms. The Morgan fingerprint density at radius 3 is 2.31 bits per heavy atom. The maximum Gasteiger partial charge on any atom is 0.272 e. The largest absolute Gasteiger partial charge is 0.381 e. The molecule has 388 valence electrons. The van der Waals surface area contributed by atoms with Crippen LogP contribution in [0, 0.1) is 23.2 Å². The Morgan fingerprint density at radius 2 is 1.61 bits per heavy atom. The number of likely N-dealkylation sites (tertiary alicyclic amines) is 1. The average molecular weight is 992 g/mol. The van der Waals surface area contributed by atoms with Crippen LogP contribution in [0.2, 0.25) is 0 Å². The Bertz CT molecular complexity index is 2430. The van der Waals surface area contributed by atoms with E-state index in [1.807, 2.05) is 39.8 Å². The van der Waals surface area contributed by atoms with Gasteiger partial charge in [-0.3, -0.25) is 48.7 Å². The molecule has 0 spiro atoms. The Labute approximate surface area is 421 Å². The minimum Gasteiger partial charge on any atom is -0.381 e. The van der Waals surface area contributed by atoms with E-state index in [0.29, 0.717) is 37.9 Å². The van der Waals surface area contributed by atoms with Crippen LogP contribution in [0.4, 0.5) is 0 Å². The first-order valence-electron chi connectivity index (χ1n) is 26.8. The third kappa shape index (κ3) is 10.9. The second-order valence-electron chi connectivity index (χ2n) is 22.9. The zero-order chi connectivity index (χ0) is 51.0. The molecule has 0 radical (unpaired) electrons. The number of aromatic nitrogens is 2. The second-order valence-corrected chi connectivity index (χ2v) is 22.9. The molecule has 6 N–H and O–H groups in total. The molecule has 1 aromatic heterocycles. The van der Waals surface area contributed by atoms with Crippen molar-refractivity contribution >= 4 is 47.3 Å². The fraction of sp³-hybridized carbons (Fsp3) is 0.667.